The van der Waals surface area contributed by atoms with E-state index in [1.54, 1.807) is 24.3 Å². The van der Waals surface area contributed by atoms with Crippen molar-refractivity contribution in [2.75, 3.05) is 11.9 Å². The van der Waals surface area contributed by atoms with Crippen LogP contribution in [0.4, 0.5) is 5.13 Å². The number of hydrogen-bond acceptors (Lipinski definition) is 6. The van der Waals surface area contributed by atoms with Gasteiger partial charge in [-0.15, -0.1) is 10.2 Å². The van der Waals surface area contributed by atoms with Crippen LogP contribution in [0.15, 0.2) is 29.2 Å². The molecule has 0 aliphatic heterocycles. The average Bonchev–Trinajstić information content (AvgIpc) is 2.94. The minimum Gasteiger partial charge on any atom is -0.301 e. The van der Waals surface area contributed by atoms with Gasteiger partial charge in [-0.05, 0) is 25.0 Å². The van der Waals surface area contributed by atoms with Crippen molar-refractivity contribution in [1.29, 1.82) is 0 Å². The van der Waals surface area contributed by atoms with E-state index in [0.717, 1.165) is 5.56 Å². The lowest BCUT2D eigenvalue weighted by Crippen LogP contribution is -2.25. The Morgan fingerprint density at radius 1 is 1.20 bits per heavy atom. The largest absolute Gasteiger partial charge is 0.301 e. The lowest BCUT2D eigenvalue weighted by molar-refractivity contribution is -0.116. The standard InChI is InChI=1S/C16H22N4O3S2/c1-11(2)10-14(21)18-16-20-19-15(24-16)8-9-17-25(22,23)13-6-4-12(3)5-7-13/h4-7,11,17H,8-10H2,1-3H3,(H,18,20,21). The van der Waals surface area contributed by atoms with Crippen LogP contribution in [0.1, 0.15) is 30.8 Å². The first kappa shape index (κ1) is 19.5. The minimum atomic E-state index is -3.54. The summed E-state index contributed by atoms with van der Waals surface area (Å²) in [5.41, 5.74) is 1.000. The molecule has 1 heterocycles. The predicted molar refractivity (Wildman–Crippen MR) is 98.1 cm³/mol. The Balaban J connectivity index is 1.85. The maximum absolute atomic E-state index is 12.2. The molecule has 2 aromatic rings. The van der Waals surface area contributed by atoms with Gasteiger partial charge in [0.2, 0.25) is 21.1 Å². The van der Waals surface area contributed by atoms with Gasteiger partial charge in [0, 0.05) is 19.4 Å². The normalized spacial score (nSPS) is 11.7. The van der Waals surface area contributed by atoms with Gasteiger partial charge >= 0.3 is 0 Å². The molecular weight excluding hydrogens is 360 g/mol. The first-order valence-electron chi connectivity index (χ1n) is 7.95. The highest BCUT2D eigenvalue weighted by Gasteiger charge is 2.14. The molecule has 2 rings (SSSR count). The number of sulfonamides is 1. The number of anilines is 1. The number of nitrogens with zero attached hydrogens (tertiary/aromatic N) is 2. The van der Waals surface area contributed by atoms with Gasteiger partial charge < -0.3 is 5.32 Å². The van der Waals surface area contributed by atoms with Gasteiger partial charge in [-0.2, -0.15) is 0 Å². The zero-order chi connectivity index (χ0) is 18.4. The Hall–Kier alpha value is -1.84. The molecule has 7 nitrogen and oxygen atoms in total. The number of aryl methyl sites for hydroxylation is 1. The molecule has 25 heavy (non-hydrogen) atoms. The molecule has 9 heteroatoms. The topological polar surface area (TPSA) is 101 Å². The maximum atomic E-state index is 12.2. The zero-order valence-corrected chi connectivity index (χ0v) is 16.1. The molecule has 0 unspecified atom stereocenters. The van der Waals surface area contributed by atoms with E-state index in [2.05, 4.69) is 20.2 Å². The zero-order valence-electron chi connectivity index (χ0n) is 14.4. The van der Waals surface area contributed by atoms with Crippen molar-refractivity contribution in [2.24, 2.45) is 5.92 Å². The van der Waals surface area contributed by atoms with E-state index in [4.69, 9.17) is 0 Å². The van der Waals surface area contributed by atoms with E-state index >= 15 is 0 Å². The van der Waals surface area contributed by atoms with Gasteiger partial charge in [0.05, 0.1) is 4.90 Å². The molecule has 136 valence electrons. The summed E-state index contributed by atoms with van der Waals surface area (Å²) in [6.45, 7) is 6.04. The fraction of sp³-hybridized carbons (Fsp3) is 0.438. The van der Waals surface area contributed by atoms with Gasteiger partial charge in [0.15, 0.2) is 0 Å². The highest BCUT2D eigenvalue weighted by molar-refractivity contribution is 7.89. The molecule has 0 saturated carbocycles. The number of aromatic nitrogens is 2. The number of benzene rings is 1. The molecule has 0 fully saturated rings. The van der Waals surface area contributed by atoms with Crippen LogP contribution >= 0.6 is 11.3 Å². The van der Waals surface area contributed by atoms with Crippen molar-refractivity contribution >= 4 is 32.4 Å². The monoisotopic (exact) mass is 382 g/mol. The molecule has 0 atom stereocenters. The number of carbonyl (C=O) groups excluding carboxylic acids is 1. The van der Waals surface area contributed by atoms with Crippen LogP contribution in [0, 0.1) is 12.8 Å². The molecule has 0 aliphatic rings. The molecule has 0 bridgehead atoms. The third kappa shape index (κ3) is 6.18. The fourth-order valence-electron chi connectivity index (χ4n) is 2.04. The summed E-state index contributed by atoms with van der Waals surface area (Å²) < 4.78 is 26.9. The first-order valence-corrected chi connectivity index (χ1v) is 10.2. The highest BCUT2D eigenvalue weighted by atomic mass is 32.2. The maximum Gasteiger partial charge on any atom is 0.240 e. The number of amides is 1. The van der Waals surface area contributed by atoms with Crippen LogP contribution in [0.2, 0.25) is 0 Å². The Morgan fingerprint density at radius 3 is 2.52 bits per heavy atom. The van der Waals surface area contributed by atoms with Crippen LogP contribution in [-0.2, 0) is 21.2 Å². The summed E-state index contributed by atoms with van der Waals surface area (Å²) in [5.74, 6) is 0.168. The fourth-order valence-corrected chi connectivity index (χ4v) is 3.83. The summed E-state index contributed by atoms with van der Waals surface area (Å²) in [6.07, 6.45) is 0.827. The van der Waals surface area contributed by atoms with E-state index in [1.807, 2.05) is 20.8 Å². The molecule has 0 radical (unpaired) electrons. The Morgan fingerprint density at radius 2 is 1.88 bits per heavy atom. The SMILES string of the molecule is Cc1ccc(S(=O)(=O)NCCc2nnc(NC(=O)CC(C)C)s2)cc1. The Bertz CT molecular complexity index is 814. The second-order valence-corrected chi connectivity index (χ2v) is 8.94. The summed E-state index contributed by atoms with van der Waals surface area (Å²) in [5, 5.41) is 11.7. The summed E-state index contributed by atoms with van der Waals surface area (Å²) >= 11 is 1.25. The summed E-state index contributed by atoms with van der Waals surface area (Å²) in [4.78, 5) is 11.9. The lowest BCUT2D eigenvalue weighted by atomic mass is 10.1. The molecule has 0 spiro atoms. The minimum absolute atomic E-state index is 0.0993. The van der Waals surface area contributed by atoms with Gasteiger partial charge in [0.1, 0.15) is 5.01 Å². The first-order chi connectivity index (χ1) is 11.8. The third-order valence-electron chi connectivity index (χ3n) is 3.27. The summed E-state index contributed by atoms with van der Waals surface area (Å²) in [6, 6.07) is 6.66. The molecule has 0 aliphatic carbocycles. The number of nitrogens with one attached hydrogen (secondary N) is 2. The summed E-state index contributed by atoms with van der Waals surface area (Å²) in [7, 11) is -3.54. The van der Waals surface area contributed by atoms with Crippen molar-refractivity contribution in [3.05, 3.63) is 34.8 Å². The number of hydrogen-bond donors (Lipinski definition) is 2. The van der Waals surface area contributed by atoms with E-state index in [-0.39, 0.29) is 23.3 Å². The van der Waals surface area contributed by atoms with Gasteiger partial charge in [0.25, 0.3) is 0 Å². The molecule has 0 saturated heterocycles. The van der Waals surface area contributed by atoms with Crippen molar-refractivity contribution in [2.45, 2.75) is 38.5 Å². The average molecular weight is 383 g/mol. The molecule has 1 amide bonds. The molecule has 1 aromatic heterocycles. The Kier molecular flexibility index (Phi) is 6.63. The van der Waals surface area contributed by atoms with Crippen molar-refractivity contribution in [3.63, 3.8) is 0 Å². The lowest BCUT2D eigenvalue weighted by Gasteiger charge is -2.05. The second kappa shape index (κ2) is 8.50. The van der Waals surface area contributed by atoms with Crippen molar-refractivity contribution in [1.82, 2.24) is 14.9 Å². The van der Waals surface area contributed by atoms with E-state index in [0.29, 0.717) is 23.0 Å². The van der Waals surface area contributed by atoms with Crippen molar-refractivity contribution < 1.29 is 13.2 Å². The highest BCUT2D eigenvalue weighted by Crippen LogP contribution is 2.17. The van der Waals surface area contributed by atoms with Crippen molar-refractivity contribution in [3.8, 4) is 0 Å². The quantitative estimate of drug-likeness (QED) is 0.730. The van der Waals surface area contributed by atoms with Crippen LogP contribution in [0.5, 0.6) is 0 Å². The van der Waals surface area contributed by atoms with Crippen LogP contribution < -0.4 is 10.0 Å². The van der Waals surface area contributed by atoms with Gasteiger partial charge in [-0.3, -0.25) is 4.79 Å². The Labute approximate surface area is 151 Å². The van der Waals surface area contributed by atoms with Gasteiger partial charge in [-0.1, -0.05) is 42.9 Å². The molecular formula is C16H22N4O3S2. The molecule has 1 aromatic carbocycles. The smallest absolute Gasteiger partial charge is 0.240 e. The number of rotatable bonds is 8. The third-order valence-corrected chi connectivity index (χ3v) is 5.64. The second-order valence-electron chi connectivity index (χ2n) is 6.11. The van der Waals surface area contributed by atoms with Gasteiger partial charge in [-0.25, -0.2) is 13.1 Å². The number of carbonyl (C=O) groups is 1. The molecule has 2 N–H and O–H groups in total. The van der Waals surface area contributed by atoms with E-state index in [9.17, 15) is 13.2 Å². The van der Waals surface area contributed by atoms with E-state index in [1.165, 1.54) is 11.3 Å². The van der Waals surface area contributed by atoms with Crippen LogP contribution in [0.3, 0.4) is 0 Å². The van der Waals surface area contributed by atoms with E-state index < -0.39 is 10.0 Å². The van der Waals surface area contributed by atoms with Crippen LogP contribution in [0.25, 0.3) is 0 Å². The van der Waals surface area contributed by atoms with Crippen LogP contribution in [-0.4, -0.2) is 31.1 Å². The predicted octanol–water partition coefficient (Wildman–Crippen LogP) is 2.35.